The van der Waals surface area contributed by atoms with Crippen molar-refractivity contribution < 1.29 is 5.11 Å². The van der Waals surface area contributed by atoms with Crippen molar-refractivity contribution in [2.24, 2.45) is 0 Å². The summed E-state index contributed by atoms with van der Waals surface area (Å²) in [5.74, 6) is 0. The Morgan fingerprint density at radius 1 is 1.53 bits per heavy atom. The lowest BCUT2D eigenvalue weighted by Crippen LogP contribution is -1.94. The second kappa shape index (κ2) is 4.76. The Bertz CT molecular complexity index is 469. The summed E-state index contributed by atoms with van der Waals surface area (Å²) in [5.41, 5.74) is 0.991. The number of rotatable bonds is 3. The maximum atomic E-state index is 9.84. The monoisotopic (exact) mass is 333 g/mol. The number of aromatic nitrogens is 1. The summed E-state index contributed by atoms with van der Waals surface area (Å²) in [4.78, 5) is 4.44. The number of nitrogens with zero attached hydrogens (tertiary/aromatic N) is 1. The van der Waals surface area contributed by atoms with E-state index in [1.54, 1.807) is 11.3 Å². The van der Waals surface area contributed by atoms with Gasteiger partial charge >= 0.3 is 0 Å². The van der Waals surface area contributed by atoms with Crippen LogP contribution < -0.4 is 0 Å². The first kappa shape index (κ1) is 11.3. The Morgan fingerprint density at radius 3 is 3.07 bits per heavy atom. The molecule has 1 aromatic carbocycles. The lowest BCUT2D eigenvalue weighted by atomic mass is 10.2. The molecule has 80 valence electrons. The third-order valence-electron chi connectivity index (χ3n) is 2.21. The first-order valence-electron chi connectivity index (χ1n) is 4.94. The molecule has 2 rings (SSSR count). The van der Waals surface area contributed by atoms with Crippen molar-refractivity contribution in [3.8, 4) is 0 Å². The van der Waals surface area contributed by atoms with Crippen LogP contribution in [0.5, 0.6) is 0 Å². The number of aliphatic hydroxyl groups excluding tert-OH is 1. The molecule has 0 saturated heterocycles. The normalized spacial score (nSPS) is 13.3. The third kappa shape index (κ3) is 2.49. The zero-order valence-corrected chi connectivity index (χ0v) is 11.4. The highest BCUT2D eigenvalue weighted by Gasteiger charge is 2.12. The molecule has 0 saturated carbocycles. The van der Waals surface area contributed by atoms with Crippen LogP contribution >= 0.6 is 33.9 Å². The minimum atomic E-state index is -0.398. The van der Waals surface area contributed by atoms with Gasteiger partial charge in [0.2, 0.25) is 0 Å². The van der Waals surface area contributed by atoms with Gasteiger partial charge in [-0.25, -0.2) is 4.98 Å². The maximum absolute atomic E-state index is 9.84. The van der Waals surface area contributed by atoms with Gasteiger partial charge in [0.15, 0.2) is 0 Å². The molecular weight excluding hydrogens is 321 g/mol. The summed E-state index contributed by atoms with van der Waals surface area (Å²) in [6, 6.07) is 6.16. The molecule has 0 spiro atoms. The van der Waals surface area contributed by atoms with Crippen LogP contribution in [0.3, 0.4) is 0 Å². The molecule has 1 aromatic heterocycles. The van der Waals surface area contributed by atoms with Gasteiger partial charge in [-0.05, 0) is 47.2 Å². The van der Waals surface area contributed by atoms with Crippen LogP contribution in [0.2, 0.25) is 0 Å². The first-order chi connectivity index (χ1) is 7.20. The molecule has 2 aromatic rings. The molecule has 2 nitrogen and oxygen atoms in total. The van der Waals surface area contributed by atoms with Gasteiger partial charge in [-0.15, -0.1) is 11.3 Å². The van der Waals surface area contributed by atoms with Gasteiger partial charge < -0.3 is 5.11 Å². The van der Waals surface area contributed by atoms with Gasteiger partial charge in [0.25, 0.3) is 0 Å². The zero-order valence-electron chi connectivity index (χ0n) is 8.40. The molecule has 0 bridgehead atoms. The van der Waals surface area contributed by atoms with Gasteiger partial charge in [-0.2, -0.15) is 0 Å². The van der Waals surface area contributed by atoms with Crippen molar-refractivity contribution in [2.45, 2.75) is 25.9 Å². The van der Waals surface area contributed by atoms with Crippen molar-refractivity contribution in [2.75, 3.05) is 0 Å². The van der Waals surface area contributed by atoms with Crippen LogP contribution in [0.25, 0.3) is 10.2 Å². The molecule has 1 N–H and O–H groups in total. The third-order valence-corrected chi connectivity index (χ3v) is 4.00. The van der Waals surface area contributed by atoms with E-state index in [4.69, 9.17) is 0 Å². The summed E-state index contributed by atoms with van der Waals surface area (Å²) in [6.45, 7) is 2.07. The van der Waals surface area contributed by atoms with E-state index < -0.39 is 6.10 Å². The van der Waals surface area contributed by atoms with E-state index in [0.717, 1.165) is 28.1 Å². The number of hydrogen-bond donors (Lipinski definition) is 1. The predicted molar refractivity (Wildman–Crippen MR) is 72.2 cm³/mol. The van der Waals surface area contributed by atoms with Gasteiger partial charge in [0.1, 0.15) is 11.1 Å². The number of benzene rings is 1. The van der Waals surface area contributed by atoms with Crippen molar-refractivity contribution in [1.82, 2.24) is 4.98 Å². The Morgan fingerprint density at radius 2 is 2.33 bits per heavy atom. The summed E-state index contributed by atoms with van der Waals surface area (Å²) < 4.78 is 2.37. The van der Waals surface area contributed by atoms with E-state index in [0.29, 0.717) is 0 Å². The van der Waals surface area contributed by atoms with Crippen molar-refractivity contribution in [3.63, 3.8) is 0 Å². The van der Waals surface area contributed by atoms with E-state index in [9.17, 15) is 5.11 Å². The number of halogens is 1. The molecule has 15 heavy (non-hydrogen) atoms. The highest BCUT2D eigenvalue weighted by Crippen LogP contribution is 2.29. The Hall–Kier alpha value is -0.200. The Balaban J connectivity index is 2.38. The van der Waals surface area contributed by atoms with Crippen LogP contribution in [0.15, 0.2) is 18.2 Å². The highest BCUT2D eigenvalue weighted by atomic mass is 127. The topological polar surface area (TPSA) is 33.1 Å². The minimum absolute atomic E-state index is 0.398. The summed E-state index contributed by atoms with van der Waals surface area (Å²) in [5, 5.41) is 10.7. The molecule has 0 radical (unpaired) electrons. The highest BCUT2D eigenvalue weighted by molar-refractivity contribution is 14.1. The molecule has 4 heteroatoms. The fraction of sp³-hybridized carbons (Fsp3) is 0.364. The fourth-order valence-corrected chi connectivity index (χ4v) is 3.19. The number of thiazole rings is 1. The van der Waals surface area contributed by atoms with Gasteiger partial charge in [-0.3, -0.25) is 0 Å². The van der Waals surface area contributed by atoms with Crippen LogP contribution in [0.1, 0.15) is 30.9 Å². The summed E-state index contributed by atoms with van der Waals surface area (Å²) in [7, 11) is 0. The molecule has 0 aliphatic rings. The molecule has 1 atom stereocenters. The lowest BCUT2D eigenvalue weighted by Gasteiger charge is -2.03. The largest absolute Gasteiger partial charge is 0.386 e. The average molecular weight is 333 g/mol. The van der Waals surface area contributed by atoms with E-state index in [1.807, 2.05) is 12.1 Å². The van der Waals surface area contributed by atoms with Gasteiger partial charge in [0, 0.05) is 3.57 Å². The van der Waals surface area contributed by atoms with Crippen molar-refractivity contribution >= 4 is 44.1 Å². The molecule has 0 amide bonds. The van der Waals surface area contributed by atoms with Crippen LogP contribution in [0.4, 0.5) is 0 Å². The molecule has 0 aliphatic heterocycles. The predicted octanol–water partition coefficient (Wildman–Crippen LogP) is 3.73. The van der Waals surface area contributed by atoms with E-state index >= 15 is 0 Å². The zero-order chi connectivity index (χ0) is 10.8. The smallest absolute Gasteiger partial charge is 0.122 e. The summed E-state index contributed by atoms with van der Waals surface area (Å²) in [6.07, 6.45) is 1.37. The maximum Gasteiger partial charge on any atom is 0.122 e. The number of aliphatic hydroxyl groups is 1. The Labute approximate surface area is 106 Å². The second-order valence-corrected chi connectivity index (χ2v) is 5.78. The first-order valence-corrected chi connectivity index (χ1v) is 6.84. The van der Waals surface area contributed by atoms with Crippen LogP contribution in [0, 0.1) is 3.57 Å². The van der Waals surface area contributed by atoms with Crippen LogP contribution in [-0.4, -0.2) is 10.1 Å². The van der Waals surface area contributed by atoms with Crippen LogP contribution in [-0.2, 0) is 0 Å². The number of hydrogen-bond acceptors (Lipinski definition) is 3. The minimum Gasteiger partial charge on any atom is -0.386 e. The molecule has 0 aliphatic carbocycles. The summed E-state index contributed by atoms with van der Waals surface area (Å²) >= 11 is 3.88. The van der Waals surface area contributed by atoms with Crippen molar-refractivity contribution in [1.29, 1.82) is 0 Å². The lowest BCUT2D eigenvalue weighted by molar-refractivity contribution is 0.166. The van der Waals surface area contributed by atoms with Gasteiger partial charge in [0.05, 0.1) is 10.2 Å². The molecule has 0 fully saturated rings. The van der Waals surface area contributed by atoms with Gasteiger partial charge in [-0.1, -0.05) is 13.3 Å². The van der Waals surface area contributed by atoms with E-state index in [1.165, 1.54) is 3.57 Å². The van der Waals surface area contributed by atoms with Crippen molar-refractivity contribution in [3.05, 3.63) is 26.8 Å². The number of fused-ring (bicyclic) bond motifs is 1. The second-order valence-electron chi connectivity index (χ2n) is 3.47. The molecule has 1 heterocycles. The fourth-order valence-electron chi connectivity index (χ4n) is 1.46. The van der Waals surface area contributed by atoms with E-state index in [-0.39, 0.29) is 0 Å². The SMILES string of the molecule is CCCC(O)c1nc2ccc(I)cc2s1. The molecule has 1 unspecified atom stereocenters. The average Bonchev–Trinajstić information content (AvgIpc) is 2.60. The van der Waals surface area contributed by atoms with E-state index in [2.05, 4.69) is 40.6 Å². The molecular formula is C11H12INOS. The standard InChI is InChI=1S/C11H12INOS/c1-2-3-9(14)11-13-8-5-4-7(12)6-10(8)15-11/h4-6,9,14H,2-3H2,1H3. The quantitative estimate of drug-likeness (QED) is 0.868. The Kier molecular flexibility index (Phi) is 3.58.